The van der Waals surface area contributed by atoms with Gasteiger partial charge >= 0.3 is 5.97 Å². The number of hydrogen-bond acceptors (Lipinski definition) is 3. The zero-order valence-electron chi connectivity index (χ0n) is 23.7. The first-order valence-electron chi connectivity index (χ1n) is 14.3. The van der Waals surface area contributed by atoms with Crippen LogP contribution in [0, 0.1) is 23.1 Å². The molecule has 40 heavy (non-hydrogen) atoms. The van der Waals surface area contributed by atoms with Gasteiger partial charge in [0.1, 0.15) is 23.9 Å². The minimum atomic E-state index is -0.698. The van der Waals surface area contributed by atoms with E-state index in [-0.39, 0.29) is 28.5 Å². The molecule has 3 aromatic carbocycles. The second kappa shape index (κ2) is 9.79. The van der Waals surface area contributed by atoms with Crippen molar-refractivity contribution in [2.24, 2.45) is 17.3 Å². The molecular weight excluding hydrogens is 503 g/mol. The summed E-state index contributed by atoms with van der Waals surface area (Å²) in [5.41, 5.74) is 6.74. The van der Waals surface area contributed by atoms with E-state index in [1.807, 2.05) is 18.2 Å². The molecule has 1 fully saturated rings. The van der Waals surface area contributed by atoms with Gasteiger partial charge in [-0.05, 0) is 113 Å². The van der Waals surface area contributed by atoms with Gasteiger partial charge in [0.25, 0.3) is 0 Å². The van der Waals surface area contributed by atoms with Gasteiger partial charge in [0.05, 0.1) is 13.0 Å². The van der Waals surface area contributed by atoms with Crippen molar-refractivity contribution >= 4 is 11.5 Å². The first-order valence-corrected chi connectivity index (χ1v) is 14.3. The number of hydrogen-bond donors (Lipinski definition) is 1. The van der Waals surface area contributed by atoms with Crippen LogP contribution in [-0.4, -0.2) is 18.2 Å². The molecule has 3 aliphatic rings. The third-order valence-corrected chi connectivity index (χ3v) is 9.73. The van der Waals surface area contributed by atoms with E-state index >= 15 is 4.39 Å². The number of carbonyl (C=O) groups is 1. The van der Waals surface area contributed by atoms with Crippen molar-refractivity contribution in [2.45, 2.75) is 64.9 Å². The Bertz CT molecular complexity index is 1520. The highest BCUT2D eigenvalue weighted by Crippen LogP contribution is 2.65. The molecule has 0 aliphatic heterocycles. The highest BCUT2D eigenvalue weighted by atomic mass is 19.1. The van der Waals surface area contributed by atoms with Crippen molar-refractivity contribution in [3.63, 3.8) is 0 Å². The number of carboxylic acid groups (broad SMARTS) is 1. The van der Waals surface area contributed by atoms with Gasteiger partial charge < -0.3 is 14.6 Å². The maximum absolute atomic E-state index is 15.1. The Morgan fingerprint density at radius 1 is 1.00 bits per heavy atom. The van der Waals surface area contributed by atoms with Crippen molar-refractivity contribution in [1.82, 2.24) is 0 Å². The number of ether oxygens (including phenoxy) is 2. The van der Waals surface area contributed by atoms with Crippen LogP contribution in [0.25, 0.3) is 16.7 Å². The van der Waals surface area contributed by atoms with Crippen LogP contribution in [0.5, 0.6) is 11.5 Å². The third-order valence-electron chi connectivity index (χ3n) is 9.73. The topological polar surface area (TPSA) is 55.8 Å². The summed E-state index contributed by atoms with van der Waals surface area (Å²) in [5, 5.41) is 9.83. The fourth-order valence-electron chi connectivity index (χ4n) is 7.47. The molecule has 0 aromatic heterocycles. The Balaban J connectivity index is 1.32. The van der Waals surface area contributed by atoms with E-state index < -0.39 is 5.97 Å². The number of aryl methyl sites for hydroxylation is 1. The average molecular weight is 541 g/mol. The summed E-state index contributed by atoms with van der Waals surface area (Å²) in [4.78, 5) is 12.0. The number of carboxylic acids is 1. The molecule has 3 aliphatic carbocycles. The van der Waals surface area contributed by atoms with Crippen LogP contribution < -0.4 is 9.47 Å². The highest BCUT2D eigenvalue weighted by Gasteiger charge is 2.67. The SMILES string of the molecule is COc1ccc(F)c(-c2ccc(COc3ccc4c(c3)[C@@]3(CCC4)[C@H](C(=O)O)[C@@H]3C)cc2C2=CCCC2(C)C)c1. The van der Waals surface area contributed by atoms with Gasteiger partial charge in [-0.3, -0.25) is 4.79 Å². The van der Waals surface area contributed by atoms with E-state index in [2.05, 4.69) is 45.0 Å². The molecule has 1 saturated carbocycles. The lowest BCUT2D eigenvalue weighted by Gasteiger charge is -2.27. The maximum atomic E-state index is 15.1. The largest absolute Gasteiger partial charge is 0.497 e. The minimum Gasteiger partial charge on any atom is -0.497 e. The fraction of sp³-hybridized carbons (Fsp3) is 0.400. The van der Waals surface area contributed by atoms with Gasteiger partial charge in [0.2, 0.25) is 0 Å². The molecule has 6 rings (SSSR count). The molecule has 3 aromatic rings. The van der Waals surface area contributed by atoms with Crippen LogP contribution in [0.2, 0.25) is 0 Å². The molecule has 3 atom stereocenters. The Hall–Kier alpha value is -3.60. The van der Waals surface area contributed by atoms with Crippen LogP contribution in [0.1, 0.15) is 68.7 Å². The fourth-order valence-corrected chi connectivity index (χ4v) is 7.47. The van der Waals surface area contributed by atoms with Crippen molar-refractivity contribution in [2.75, 3.05) is 7.11 Å². The predicted octanol–water partition coefficient (Wildman–Crippen LogP) is 8.21. The van der Waals surface area contributed by atoms with Crippen LogP contribution in [0.3, 0.4) is 0 Å². The van der Waals surface area contributed by atoms with Crippen molar-refractivity contribution in [3.05, 3.63) is 88.7 Å². The molecule has 4 nitrogen and oxygen atoms in total. The van der Waals surface area contributed by atoms with E-state index in [4.69, 9.17) is 9.47 Å². The Morgan fingerprint density at radius 3 is 2.50 bits per heavy atom. The van der Waals surface area contributed by atoms with E-state index in [9.17, 15) is 9.90 Å². The summed E-state index contributed by atoms with van der Waals surface area (Å²) in [6.07, 6.45) is 7.24. The summed E-state index contributed by atoms with van der Waals surface area (Å²) >= 11 is 0. The van der Waals surface area contributed by atoms with Gasteiger partial charge in [-0.2, -0.15) is 0 Å². The summed E-state index contributed by atoms with van der Waals surface area (Å²) < 4.78 is 26.8. The molecule has 208 valence electrons. The molecule has 0 saturated heterocycles. The predicted molar refractivity (Wildman–Crippen MR) is 155 cm³/mol. The quantitative estimate of drug-likeness (QED) is 0.328. The number of rotatable bonds is 7. The van der Waals surface area contributed by atoms with Crippen LogP contribution in [-0.2, 0) is 23.2 Å². The van der Waals surface area contributed by atoms with E-state index in [1.165, 1.54) is 17.2 Å². The number of methoxy groups -OCH3 is 1. The molecule has 5 heteroatoms. The average Bonchev–Trinajstić information content (AvgIpc) is 3.35. The van der Waals surface area contributed by atoms with Crippen molar-refractivity contribution in [1.29, 1.82) is 0 Å². The summed E-state index contributed by atoms with van der Waals surface area (Å²) in [7, 11) is 1.59. The highest BCUT2D eigenvalue weighted by molar-refractivity contribution is 5.85. The molecule has 0 amide bonds. The van der Waals surface area contributed by atoms with Crippen LogP contribution in [0.4, 0.5) is 4.39 Å². The lowest BCUT2D eigenvalue weighted by molar-refractivity contribution is -0.139. The van der Waals surface area contributed by atoms with Crippen LogP contribution in [0.15, 0.2) is 60.7 Å². The first kappa shape index (κ1) is 26.6. The zero-order chi connectivity index (χ0) is 28.2. The summed E-state index contributed by atoms with van der Waals surface area (Å²) in [6, 6.07) is 17.2. The lowest BCUT2D eigenvalue weighted by Crippen LogP contribution is -2.22. The van der Waals surface area contributed by atoms with Gasteiger partial charge in [0.15, 0.2) is 0 Å². The Morgan fingerprint density at radius 2 is 1.80 bits per heavy atom. The van der Waals surface area contributed by atoms with Gasteiger partial charge in [-0.15, -0.1) is 0 Å². The van der Waals surface area contributed by atoms with Gasteiger partial charge in [-0.25, -0.2) is 4.39 Å². The second-order valence-corrected chi connectivity index (χ2v) is 12.4. The number of benzene rings is 3. The zero-order valence-corrected chi connectivity index (χ0v) is 23.7. The standard InChI is InChI=1S/C35H37FO4/c1-21-32(33(37)38)35(21)16-5-7-23-10-11-25(19-30(23)35)40-20-22-9-13-26(28-18-24(39-4)12-14-31(28)36)27(17-22)29-8-6-15-34(29,2)3/h8-14,17-19,21,32H,5-7,15-16,20H2,1-4H3,(H,37,38)/t21-,32-,35-/m0/s1. The third kappa shape index (κ3) is 4.31. The molecule has 0 radical (unpaired) electrons. The Labute approximate surface area is 235 Å². The molecular formula is C35H37FO4. The molecule has 0 heterocycles. The van der Waals surface area contributed by atoms with E-state index in [0.717, 1.165) is 60.1 Å². The summed E-state index contributed by atoms with van der Waals surface area (Å²) in [6.45, 7) is 6.92. The van der Waals surface area contributed by atoms with Gasteiger partial charge in [0, 0.05) is 11.0 Å². The Kier molecular flexibility index (Phi) is 6.52. The van der Waals surface area contributed by atoms with Crippen LogP contribution >= 0.6 is 0 Å². The molecule has 1 spiro atoms. The molecule has 0 unspecified atom stereocenters. The second-order valence-electron chi connectivity index (χ2n) is 12.4. The number of aliphatic carboxylic acids is 1. The molecule has 1 N–H and O–H groups in total. The first-order chi connectivity index (χ1) is 19.2. The monoisotopic (exact) mass is 540 g/mol. The maximum Gasteiger partial charge on any atom is 0.307 e. The normalized spacial score (nSPS) is 24.4. The minimum absolute atomic E-state index is 0.0158. The smallest absolute Gasteiger partial charge is 0.307 e. The molecule has 0 bridgehead atoms. The number of halogens is 1. The number of allylic oxidation sites excluding steroid dienone is 2. The lowest BCUT2D eigenvalue weighted by atomic mass is 9.77. The van der Waals surface area contributed by atoms with Crippen molar-refractivity contribution in [3.8, 4) is 22.6 Å². The van der Waals surface area contributed by atoms with Gasteiger partial charge in [-0.1, -0.05) is 45.0 Å². The van der Waals surface area contributed by atoms with Crippen molar-refractivity contribution < 1.29 is 23.8 Å². The summed E-state index contributed by atoms with van der Waals surface area (Å²) in [5.74, 6) is 0.213. The van der Waals surface area contributed by atoms with E-state index in [0.29, 0.717) is 17.9 Å². The number of fused-ring (bicyclic) bond motifs is 2. The van der Waals surface area contributed by atoms with E-state index in [1.54, 1.807) is 19.2 Å².